The molecule has 0 amide bonds. The minimum atomic E-state index is -0.154. The first kappa shape index (κ1) is 14.0. The van der Waals surface area contributed by atoms with Gasteiger partial charge in [0, 0.05) is 18.3 Å². The first-order valence-corrected chi connectivity index (χ1v) is 8.84. The van der Waals surface area contributed by atoms with Gasteiger partial charge in [-0.25, -0.2) is 0 Å². The molecule has 0 radical (unpaired) electrons. The molecule has 0 bridgehead atoms. The molecule has 4 aliphatic rings. The highest BCUT2D eigenvalue weighted by molar-refractivity contribution is 5.79. The number of fused-ring (bicyclic) bond motifs is 5. The molecule has 0 aromatic heterocycles. The van der Waals surface area contributed by atoms with E-state index >= 15 is 0 Å². The molecule has 4 rings (SSSR count). The molecule has 3 fully saturated rings. The van der Waals surface area contributed by atoms with E-state index in [2.05, 4.69) is 26.0 Å². The summed E-state index contributed by atoms with van der Waals surface area (Å²) in [6.07, 6.45) is 11.9. The van der Waals surface area contributed by atoms with E-state index in [9.17, 15) is 9.90 Å². The van der Waals surface area contributed by atoms with Crippen molar-refractivity contribution in [3.05, 3.63) is 12.2 Å². The maximum atomic E-state index is 11.8. The Morgan fingerprint density at radius 1 is 1.19 bits per heavy atom. The Bertz CT molecular complexity index is 496. The fraction of sp³-hybridized carbons (Fsp3) is 0.842. The van der Waals surface area contributed by atoms with Gasteiger partial charge in [0.15, 0.2) is 0 Å². The minimum absolute atomic E-state index is 0.00878. The van der Waals surface area contributed by atoms with Gasteiger partial charge in [0.25, 0.3) is 0 Å². The number of Topliss-reactive ketones (excluding diaryl/α,β-unsaturated/α-hetero) is 1. The molecule has 0 heterocycles. The van der Waals surface area contributed by atoms with Gasteiger partial charge in [-0.15, -0.1) is 0 Å². The zero-order chi connectivity index (χ0) is 14.8. The van der Waals surface area contributed by atoms with Gasteiger partial charge in [0.05, 0.1) is 6.10 Å². The van der Waals surface area contributed by atoms with Crippen LogP contribution in [0.1, 0.15) is 58.8 Å². The van der Waals surface area contributed by atoms with Crippen molar-refractivity contribution in [2.24, 2.45) is 34.5 Å². The number of carbonyl (C=O) groups excluding carboxylic acids is 1. The fourth-order valence-corrected chi connectivity index (χ4v) is 6.40. The van der Waals surface area contributed by atoms with E-state index in [-0.39, 0.29) is 11.5 Å². The van der Waals surface area contributed by atoms with Crippen molar-refractivity contribution in [3.8, 4) is 0 Å². The van der Waals surface area contributed by atoms with Gasteiger partial charge in [0.2, 0.25) is 0 Å². The van der Waals surface area contributed by atoms with Crippen molar-refractivity contribution < 1.29 is 9.90 Å². The molecule has 0 saturated heterocycles. The summed E-state index contributed by atoms with van der Waals surface area (Å²) in [7, 11) is 0. The monoisotopic (exact) mass is 288 g/mol. The smallest absolute Gasteiger partial charge is 0.133 e. The second-order valence-electron chi connectivity index (χ2n) is 8.64. The third kappa shape index (κ3) is 1.78. The summed E-state index contributed by atoms with van der Waals surface area (Å²) in [5, 5.41) is 10.4. The third-order valence-corrected chi connectivity index (χ3v) is 7.87. The molecule has 2 heteroatoms. The molecule has 0 aliphatic heterocycles. The van der Waals surface area contributed by atoms with Crippen LogP contribution >= 0.6 is 0 Å². The maximum Gasteiger partial charge on any atom is 0.133 e. The van der Waals surface area contributed by atoms with Crippen molar-refractivity contribution >= 4 is 5.78 Å². The highest BCUT2D eigenvalue weighted by Crippen LogP contribution is 2.63. The maximum absolute atomic E-state index is 11.8. The number of ketones is 1. The van der Waals surface area contributed by atoms with Gasteiger partial charge in [0.1, 0.15) is 5.78 Å². The number of aliphatic hydroxyl groups excluding tert-OH is 1. The van der Waals surface area contributed by atoms with E-state index in [1.807, 2.05) is 0 Å². The van der Waals surface area contributed by atoms with Gasteiger partial charge < -0.3 is 5.11 Å². The summed E-state index contributed by atoms with van der Waals surface area (Å²) in [5.41, 5.74) is 0.330. The van der Waals surface area contributed by atoms with Crippen molar-refractivity contribution in [2.45, 2.75) is 64.9 Å². The molecular formula is C19H28O2. The second kappa shape index (κ2) is 4.44. The van der Waals surface area contributed by atoms with Gasteiger partial charge in [-0.3, -0.25) is 4.79 Å². The molecule has 3 saturated carbocycles. The summed E-state index contributed by atoms with van der Waals surface area (Å²) in [5.74, 6) is 3.09. The summed E-state index contributed by atoms with van der Waals surface area (Å²) in [6, 6.07) is 0. The van der Waals surface area contributed by atoms with Crippen LogP contribution < -0.4 is 0 Å². The molecule has 0 aromatic carbocycles. The number of rotatable bonds is 0. The van der Waals surface area contributed by atoms with Crippen molar-refractivity contribution in [1.29, 1.82) is 0 Å². The quantitative estimate of drug-likeness (QED) is 0.690. The Kier molecular flexibility index (Phi) is 2.96. The molecular weight excluding hydrogens is 260 g/mol. The van der Waals surface area contributed by atoms with Gasteiger partial charge in [-0.05, 0) is 61.2 Å². The Morgan fingerprint density at radius 2 is 2.00 bits per heavy atom. The van der Waals surface area contributed by atoms with E-state index in [1.54, 1.807) is 0 Å². The Morgan fingerprint density at radius 3 is 2.81 bits per heavy atom. The standard InChI is InChI=1S/C19H28O2/c1-18-9-7-13(20)11-12(18)3-4-14-15-5-6-17(21)19(15,2)10-8-16(14)18/h8,10,12,14-17,21H,3-7,9,11H2,1-2H3. The highest BCUT2D eigenvalue weighted by Gasteiger charge is 2.58. The van der Waals surface area contributed by atoms with Gasteiger partial charge >= 0.3 is 0 Å². The Hall–Kier alpha value is -0.630. The summed E-state index contributed by atoms with van der Waals surface area (Å²) in [4.78, 5) is 11.8. The van der Waals surface area contributed by atoms with Crippen LogP contribution in [0, 0.1) is 34.5 Å². The normalized spacial score (nSPS) is 55.8. The lowest BCUT2D eigenvalue weighted by Crippen LogP contribution is -2.52. The van der Waals surface area contributed by atoms with E-state index < -0.39 is 0 Å². The van der Waals surface area contributed by atoms with E-state index in [1.165, 1.54) is 19.3 Å². The molecule has 0 spiro atoms. The lowest BCUT2D eigenvalue weighted by atomic mass is 9.47. The zero-order valence-electron chi connectivity index (χ0n) is 13.3. The number of aliphatic hydroxyl groups is 1. The van der Waals surface area contributed by atoms with Crippen LogP contribution in [0.5, 0.6) is 0 Å². The zero-order valence-corrected chi connectivity index (χ0v) is 13.3. The summed E-state index contributed by atoms with van der Waals surface area (Å²) >= 11 is 0. The molecule has 1 N–H and O–H groups in total. The van der Waals surface area contributed by atoms with Crippen LogP contribution in [-0.2, 0) is 4.79 Å². The molecule has 116 valence electrons. The number of hydrogen-bond donors (Lipinski definition) is 1. The molecule has 7 atom stereocenters. The molecule has 7 unspecified atom stereocenters. The van der Waals surface area contributed by atoms with Crippen LogP contribution in [0.15, 0.2) is 12.2 Å². The van der Waals surface area contributed by atoms with Crippen LogP contribution in [-0.4, -0.2) is 17.0 Å². The first-order valence-electron chi connectivity index (χ1n) is 8.84. The number of allylic oxidation sites excluding steroid dienone is 1. The van der Waals surface area contributed by atoms with Crippen molar-refractivity contribution in [3.63, 3.8) is 0 Å². The van der Waals surface area contributed by atoms with Gasteiger partial charge in [-0.2, -0.15) is 0 Å². The second-order valence-corrected chi connectivity index (χ2v) is 8.64. The van der Waals surface area contributed by atoms with Crippen LogP contribution in [0.25, 0.3) is 0 Å². The Labute approximate surface area is 128 Å². The summed E-state index contributed by atoms with van der Waals surface area (Å²) in [6.45, 7) is 4.71. The van der Waals surface area contributed by atoms with Crippen LogP contribution in [0.2, 0.25) is 0 Å². The van der Waals surface area contributed by atoms with E-state index in [0.717, 1.165) is 31.6 Å². The highest BCUT2D eigenvalue weighted by atomic mass is 16.3. The van der Waals surface area contributed by atoms with E-state index in [0.29, 0.717) is 29.0 Å². The lowest BCUT2D eigenvalue weighted by molar-refractivity contribution is -0.130. The van der Waals surface area contributed by atoms with E-state index in [4.69, 9.17) is 0 Å². The topological polar surface area (TPSA) is 37.3 Å². The van der Waals surface area contributed by atoms with Crippen LogP contribution in [0.4, 0.5) is 0 Å². The largest absolute Gasteiger partial charge is 0.392 e. The van der Waals surface area contributed by atoms with Crippen molar-refractivity contribution in [2.75, 3.05) is 0 Å². The number of hydrogen-bond acceptors (Lipinski definition) is 2. The molecule has 21 heavy (non-hydrogen) atoms. The van der Waals surface area contributed by atoms with Crippen molar-refractivity contribution in [1.82, 2.24) is 0 Å². The first-order chi connectivity index (χ1) is 9.95. The average Bonchev–Trinajstić information content (AvgIpc) is 2.76. The fourth-order valence-electron chi connectivity index (χ4n) is 6.40. The molecule has 0 aromatic rings. The molecule has 4 aliphatic carbocycles. The lowest BCUT2D eigenvalue weighted by Gasteiger charge is -2.57. The minimum Gasteiger partial charge on any atom is -0.392 e. The average molecular weight is 288 g/mol. The third-order valence-electron chi connectivity index (χ3n) is 7.87. The van der Waals surface area contributed by atoms with Crippen LogP contribution in [0.3, 0.4) is 0 Å². The van der Waals surface area contributed by atoms with Gasteiger partial charge in [-0.1, -0.05) is 26.0 Å². The predicted octanol–water partition coefficient (Wildman–Crippen LogP) is 3.74. The molecule has 2 nitrogen and oxygen atoms in total. The number of carbonyl (C=O) groups is 1. The Balaban J connectivity index is 1.70. The summed E-state index contributed by atoms with van der Waals surface area (Å²) < 4.78 is 0. The SMILES string of the molecule is CC12C=CC3C(CCC4CC(=O)CCC43C)C1CCC2O. The predicted molar refractivity (Wildman–Crippen MR) is 82.6 cm³/mol.